The van der Waals surface area contributed by atoms with Crippen molar-refractivity contribution < 1.29 is 4.79 Å². The molecule has 0 bridgehead atoms. The van der Waals surface area contributed by atoms with Crippen LogP contribution in [0.3, 0.4) is 0 Å². The summed E-state index contributed by atoms with van der Waals surface area (Å²) in [5, 5.41) is 0. The highest BCUT2D eigenvalue weighted by molar-refractivity contribution is 5.88. The van der Waals surface area contributed by atoms with Crippen LogP contribution in [0.2, 0.25) is 0 Å². The van der Waals surface area contributed by atoms with Crippen LogP contribution in [-0.4, -0.2) is 5.78 Å². The zero-order valence-corrected chi connectivity index (χ0v) is 9.12. The van der Waals surface area contributed by atoms with Gasteiger partial charge in [0.15, 0.2) is 0 Å². The van der Waals surface area contributed by atoms with Crippen LogP contribution in [-0.2, 0) is 11.2 Å². The molecule has 0 radical (unpaired) electrons. The lowest BCUT2D eigenvalue weighted by Crippen LogP contribution is -2.09. The normalized spacial score (nSPS) is 18.6. The molecule has 1 aliphatic carbocycles. The molecule has 1 aliphatic rings. The predicted molar refractivity (Wildman–Crippen MR) is 61.9 cm³/mol. The predicted octanol–water partition coefficient (Wildman–Crippen LogP) is 3.25. The monoisotopic (exact) mass is 200 g/mol. The van der Waals surface area contributed by atoms with Crippen molar-refractivity contribution in [1.82, 2.24) is 0 Å². The third kappa shape index (κ3) is 2.01. The van der Waals surface area contributed by atoms with E-state index in [2.05, 4.69) is 18.7 Å². The van der Waals surface area contributed by atoms with E-state index in [0.29, 0.717) is 12.2 Å². The first-order valence-corrected chi connectivity index (χ1v) is 5.43. The van der Waals surface area contributed by atoms with Gasteiger partial charge in [-0.25, -0.2) is 0 Å². The highest BCUT2D eigenvalue weighted by Crippen LogP contribution is 2.34. The van der Waals surface area contributed by atoms with E-state index in [1.54, 1.807) is 0 Å². The SMILES string of the molecule is C=C(C)CC(=O)C1CCc2ccccc21. The molecular weight excluding hydrogens is 184 g/mol. The van der Waals surface area contributed by atoms with Crippen molar-refractivity contribution in [2.24, 2.45) is 0 Å². The Labute approximate surface area is 90.8 Å². The molecule has 1 aromatic carbocycles. The van der Waals surface area contributed by atoms with E-state index >= 15 is 0 Å². The Morgan fingerprint density at radius 1 is 1.47 bits per heavy atom. The van der Waals surface area contributed by atoms with E-state index in [4.69, 9.17) is 0 Å². The summed E-state index contributed by atoms with van der Waals surface area (Å²) in [7, 11) is 0. The fraction of sp³-hybridized carbons (Fsp3) is 0.357. The first-order valence-electron chi connectivity index (χ1n) is 5.43. The molecule has 0 heterocycles. The van der Waals surface area contributed by atoms with Gasteiger partial charge in [-0.2, -0.15) is 0 Å². The zero-order chi connectivity index (χ0) is 10.8. The molecule has 0 amide bonds. The van der Waals surface area contributed by atoms with E-state index in [1.807, 2.05) is 19.1 Å². The fourth-order valence-electron chi connectivity index (χ4n) is 2.31. The summed E-state index contributed by atoms with van der Waals surface area (Å²) in [4.78, 5) is 12.0. The summed E-state index contributed by atoms with van der Waals surface area (Å²) in [5.41, 5.74) is 3.55. The third-order valence-electron chi connectivity index (χ3n) is 3.00. The number of ketones is 1. The van der Waals surface area contributed by atoms with Gasteiger partial charge >= 0.3 is 0 Å². The number of hydrogen-bond acceptors (Lipinski definition) is 1. The lowest BCUT2D eigenvalue weighted by atomic mass is 9.93. The Morgan fingerprint density at radius 2 is 2.20 bits per heavy atom. The summed E-state index contributed by atoms with van der Waals surface area (Å²) in [6.45, 7) is 5.72. The second-order valence-corrected chi connectivity index (χ2v) is 4.39. The molecule has 0 aromatic heterocycles. The van der Waals surface area contributed by atoms with Gasteiger partial charge in [0.25, 0.3) is 0 Å². The van der Waals surface area contributed by atoms with Crippen LogP contribution in [0.5, 0.6) is 0 Å². The Morgan fingerprint density at radius 3 is 2.93 bits per heavy atom. The Balaban J connectivity index is 2.20. The Kier molecular flexibility index (Phi) is 2.72. The van der Waals surface area contributed by atoms with Crippen LogP contribution in [0.1, 0.15) is 36.8 Å². The summed E-state index contributed by atoms with van der Waals surface area (Å²) in [5.74, 6) is 0.449. The number of rotatable bonds is 3. The van der Waals surface area contributed by atoms with E-state index in [0.717, 1.165) is 18.4 Å². The van der Waals surface area contributed by atoms with Crippen molar-refractivity contribution in [3.63, 3.8) is 0 Å². The minimum atomic E-state index is 0.123. The number of Topliss-reactive ketones (excluding diaryl/α,β-unsaturated/α-hetero) is 1. The molecule has 1 aromatic rings. The van der Waals surface area contributed by atoms with Crippen molar-refractivity contribution >= 4 is 5.78 Å². The lowest BCUT2D eigenvalue weighted by molar-refractivity contribution is -0.119. The van der Waals surface area contributed by atoms with Gasteiger partial charge in [-0.1, -0.05) is 36.4 Å². The van der Waals surface area contributed by atoms with Crippen molar-refractivity contribution in [2.45, 2.75) is 32.1 Å². The first kappa shape index (κ1) is 10.2. The van der Waals surface area contributed by atoms with Crippen LogP contribution < -0.4 is 0 Å². The lowest BCUT2D eigenvalue weighted by Gasteiger charge is -2.09. The van der Waals surface area contributed by atoms with Gasteiger partial charge < -0.3 is 0 Å². The van der Waals surface area contributed by atoms with E-state index in [-0.39, 0.29) is 5.92 Å². The van der Waals surface area contributed by atoms with Crippen LogP contribution >= 0.6 is 0 Å². The van der Waals surface area contributed by atoms with Crippen molar-refractivity contribution in [1.29, 1.82) is 0 Å². The molecular formula is C14H16O. The van der Waals surface area contributed by atoms with Gasteiger partial charge in [-0.15, -0.1) is 0 Å². The van der Waals surface area contributed by atoms with E-state index < -0.39 is 0 Å². The second-order valence-electron chi connectivity index (χ2n) is 4.39. The molecule has 0 N–H and O–H groups in total. The largest absolute Gasteiger partial charge is 0.299 e. The van der Waals surface area contributed by atoms with Gasteiger partial charge in [0.2, 0.25) is 0 Å². The molecule has 0 spiro atoms. The number of benzene rings is 1. The average Bonchev–Trinajstić information content (AvgIpc) is 2.59. The molecule has 0 saturated carbocycles. The number of fused-ring (bicyclic) bond motifs is 1. The molecule has 1 nitrogen and oxygen atoms in total. The Bertz CT molecular complexity index is 404. The maximum Gasteiger partial charge on any atom is 0.144 e. The van der Waals surface area contributed by atoms with Gasteiger partial charge in [-0.05, 0) is 30.9 Å². The molecule has 78 valence electrons. The molecule has 0 fully saturated rings. The van der Waals surface area contributed by atoms with Crippen molar-refractivity contribution in [2.75, 3.05) is 0 Å². The standard InChI is InChI=1S/C14H16O/c1-10(2)9-14(15)13-8-7-11-5-3-4-6-12(11)13/h3-6,13H,1,7-9H2,2H3. The van der Waals surface area contributed by atoms with Crippen molar-refractivity contribution in [3.05, 3.63) is 47.5 Å². The minimum absolute atomic E-state index is 0.123. The molecule has 1 atom stereocenters. The zero-order valence-electron chi connectivity index (χ0n) is 9.12. The van der Waals surface area contributed by atoms with Crippen molar-refractivity contribution in [3.8, 4) is 0 Å². The summed E-state index contributed by atoms with van der Waals surface area (Å²) >= 11 is 0. The molecule has 15 heavy (non-hydrogen) atoms. The summed E-state index contributed by atoms with van der Waals surface area (Å²) in [6, 6.07) is 8.28. The number of allylic oxidation sites excluding steroid dienone is 1. The van der Waals surface area contributed by atoms with E-state index in [9.17, 15) is 4.79 Å². The molecule has 0 saturated heterocycles. The molecule has 2 rings (SSSR count). The van der Waals surface area contributed by atoms with Crippen LogP contribution in [0.25, 0.3) is 0 Å². The van der Waals surface area contributed by atoms with Gasteiger partial charge in [0.1, 0.15) is 5.78 Å². The highest BCUT2D eigenvalue weighted by Gasteiger charge is 2.27. The van der Waals surface area contributed by atoms with Crippen LogP contribution in [0.4, 0.5) is 0 Å². The topological polar surface area (TPSA) is 17.1 Å². The van der Waals surface area contributed by atoms with Gasteiger partial charge in [0.05, 0.1) is 0 Å². The molecule has 1 unspecified atom stereocenters. The number of aryl methyl sites for hydroxylation is 1. The number of carbonyl (C=O) groups excluding carboxylic acids is 1. The van der Waals surface area contributed by atoms with E-state index in [1.165, 1.54) is 11.1 Å². The first-order chi connectivity index (χ1) is 7.18. The van der Waals surface area contributed by atoms with Gasteiger partial charge in [0, 0.05) is 12.3 Å². The van der Waals surface area contributed by atoms with Crippen LogP contribution in [0, 0.1) is 0 Å². The second kappa shape index (κ2) is 4.01. The summed E-state index contributed by atoms with van der Waals surface area (Å²) in [6.07, 6.45) is 2.55. The number of carbonyl (C=O) groups is 1. The smallest absolute Gasteiger partial charge is 0.144 e. The highest BCUT2D eigenvalue weighted by atomic mass is 16.1. The fourth-order valence-corrected chi connectivity index (χ4v) is 2.31. The van der Waals surface area contributed by atoms with Gasteiger partial charge in [-0.3, -0.25) is 4.79 Å². The molecule has 0 aliphatic heterocycles. The minimum Gasteiger partial charge on any atom is -0.299 e. The average molecular weight is 200 g/mol. The Hall–Kier alpha value is -1.37. The maximum absolute atomic E-state index is 12.0. The quantitative estimate of drug-likeness (QED) is 0.684. The number of hydrogen-bond donors (Lipinski definition) is 0. The molecule has 1 heteroatoms. The third-order valence-corrected chi connectivity index (χ3v) is 3.00. The van der Waals surface area contributed by atoms with Crippen LogP contribution in [0.15, 0.2) is 36.4 Å². The summed E-state index contributed by atoms with van der Waals surface area (Å²) < 4.78 is 0. The maximum atomic E-state index is 12.0.